The van der Waals surface area contributed by atoms with Crippen molar-refractivity contribution < 1.29 is 23.8 Å². The Morgan fingerprint density at radius 3 is 2.54 bits per heavy atom. The van der Waals surface area contributed by atoms with Crippen molar-refractivity contribution in [1.82, 2.24) is 0 Å². The molecule has 26 heavy (non-hydrogen) atoms. The fourth-order valence-corrected chi connectivity index (χ4v) is 3.85. The lowest BCUT2D eigenvalue weighted by molar-refractivity contribution is -0.139. The van der Waals surface area contributed by atoms with E-state index in [0.717, 1.165) is 16.3 Å². The van der Waals surface area contributed by atoms with Gasteiger partial charge in [0.1, 0.15) is 11.7 Å². The van der Waals surface area contributed by atoms with Gasteiger partial charge in [0.15, 0.2) is 0 Å². The summed E-state index contributed by atoms with van der Waals surface area (Å²) in [6.07, 6.45) is 3.47. The van der Waals surface area contributed by atoms with Gasteiger partial charge >= 0.3 is 11.9 Å². The first-order valence-electron chi connectivity index (χ1n) is 8.35. The molecule has 4 rings (SSSR count). The average Bonchev–Trinajstić information content (AvgIpc) is 3.23. The zero-order valence-corrected chi connectivity index (χ0v) is 14.5. The number of hydrogen-bond acceptors (Lipinski definition) is 5. The van der Waals surface area contributed by atoms with Crippen molar-refractivity contribution in [3.8, 4) is 0 Å². The van der Waals surface area contributed by atoms with Crippen molar-refractivity contribution in [2.45, 2.75) is 18.1 Å². The number of methoxy groups -OCH3 is 2. The first kappa shape index (κ1) is 16.5. The summed E-state index contributed by atoms with van der Waals surface area (Å²) in [4.78, 5) is 24.7. The van der Waals surface area contributed by atoms with Crippen LogP contribution in [0.5, 0.6) is 0 Å². The standard InChI is InChI=1S/C21H18O5/c1-24-19(22)17-16-10-11-21(26-16,18(17)20(23)25-2)12-14-8-5-7-13-6-3-4-9-15(13)14/h3-11,16H,12H2,1-2H3. The van der Waals surface area contributed by atoms with Crippen LogP contribution in [0.4, 0.5) is 0 Å². The Bertz CT molecular complexity index is 966. The normalized spacial score (nSPS) is 23.5. The van der Waals surface area contributed by atoms with Gasteiger partial charge in [-0.15, -0.1) is 0 Å². The molecule has 0 amide bonds. The van der Waals surface area contributed by atoms with Crippen LogP contribution in [0.15, 0.2) is 65.8 Å². The molecule has 0 N–H and O–H groups in total. The Morgan fingerprint density at radius 2 is 1.77 bits per heavy atom. The van der Waals surface area contributed by atoms with Crippen molar-refractivity contribution in [2.75, 3.05) is 14.2 Å². The van der Waals surface area contributed by atoms with Crippen molar-refractivity contribution >= 4 is 22.7 Å². The van der Waals surface area contributed by atoms with Crippen molar-refractivity contribution in [3.63, 3.8) is 0 Å². The van der Waals surface area contributed by atoms with E-state index in [1.807, 2.05) is 48.5 Å². The molecule has 132 valence electrons. The van der Waals surface area contributed by atoms with E-state index in [1.165, 1.54) is 14.2 Å². The Balaban J connectivity index is 1.84. The number of esters is 2. The van der Waals surface area contributed by atoms with E-state index < -0.39 is 23.6 Å². The molecule has 2 bridgehead atoms. The van der Waals surface area contributed by atoms with Gasteiger partial charge in [0.25, 0.3) is 0 Å². The van der Waals surface area contributed by atoms with Crippen LogP contribution >= 0.6 is 0 Å². The number of benzene rings is 2. The molecule has 2 aliphatic heterocycles. The van der Waals surface area contributed by atoms with Crippen LogP contribution in [0.25, 0.3) is 10.8 Å². The molecule has 0 spiro atoms. The van der Waals surface area contributed by atoms with Crippen molar-refractivity contribution in [2.24, 2.45) is 0 Å². The summed E-state index contributed by atoms with van der Waals surface area (Å²) >= 11 is 0. The van der Waals surface area contributed by atoms with E-state index in [2.05, 4.69) is 0 Å². The molecule has 2 aromatic rings. The summed E-state index contributed by atoms with van der Waals surface area (Å²) in [6, 6.07) is 14.1. The van der Waals surface area contributed by atoms with Gasteiger partial charge in [0.05, 0.1) is 25.4 Å². The highest BCUT2D eigenvalue weighted by atomic mass is 16.6. The summed E-state index contributed by atoms with van der Waals surface area (Å²) in [7, 11) is 2.59. The minimum absolute atomic E-state index is 0.224. The first-order chi connectivity index (χ1) is 12.6. The van der Waals surface area contributed by atoms with Crippen LogP contribution in [0.1, 0.15) is 5.56 Å². The molecule has 0 aromatic heterocycles. The highest BCUT2D eigenvalue weighted by Crippen LogP contribution is 2.46. The molecule has 5 nitrogen and oxygen atoms in total. The minimum atomic E-state index is -1.02. The second-order valence-corrected chi connectivity index (χ2v) is 6.37. The lowest BCUT2D eigenvalue weighted by Crippen LogP contribution is -2.35. The third-order valence-electron chi connectivity index (χ3n) is 4.98. The summed E-state index contributed by atoms with van der Waals surface area (Å²) < 4.78 is 15.9. The lowest BCUT2D eigenvalue weighted by Gasteiger charge is -2.26. The highest BCUT2D eigenvalue weighted by molar-refractivity contribution is 6.05. The Morgan fingerprint density at radius 1 is 1.04 bits per heavy atom. The maximum Gasteiger partial charge on any atom is 0.337 e. The fourth-order valence-electron chi connectivity index (χ4n) is 3.85. The molecular weight excluding hydrogens is 332 g/mol. The molecule has 2 heterocycles. The number of ether oxygens (including phenoxy) is 3. The van der Waals surface area contributed by atoms with Crippen LogP contribution in [-0.4, -0.2) is 37.9 Å². The van der Waals surface area contributed by atoms with Gasteiger partial charge < -0.3 is 14.2 Å². The van der Waals surface area contributed by atoms with Crippen LogP contribution < -0.4 is 0 Å². The summed E-state index contributed by atoms with van der Waals surface area (Å²) in [5.74, 6) is -1.14. The quantitative estimate of drug-likeness (QED) is 0.627. The van der Waals surface area contributed by atoms with E-state index in [-0.39, 0.29) is 11.1 Å². The molecular formula is C21H18O5. The van der Waals surface area contributed by atoms with Gasteiger partial charge in [-0.1, -0.05) is 48.5 Å². The molecule has 2 unspecified atom stereocenters. The predicted octanol–water partition coefficient (Wildman–Crippen LogP) is 2.73. The maximum atomic E-state index is 12.5. The average molecular weight is 350 g/mol. The second-order valence-electron chi connectivity index (χ2n) is 6.37. The zero-order chi connectivity index (χ0) is 18.3. The monoisotopic (exact) mass is 350 g/mol. The Hall–Kier alpha value is -2.92. The first-order valence-corrected chi connectivity index (χ1v) is 8.35. The highest BCUT2D eigenvalue weighted by Gasteiger charge is 2.54. The van der Waals surface area contributed by atoms with Crippen LogP contribution in [0.3, 0.4) is 0 Å². The molecule has 2 aromatic carbocycles. The number of hydrogen-bond donors (Lipinski definition) is 0. The molecule has 0 aliphatic carbocycles. The van der Waals surface area contributed by atoms with Gasteiger partial charge in [-0.25, -0.2) is 9.59 Å². The second kappa shape index (κ2) is 6.11. The zero-order valence-electron chi connectivity index (χ0n) is 14.5. The largest absolute Gasteiger partial charge is 0.466 e. The Kier molecular flexibility index (Phi) is 3.89. The van der Waals surface area contributed by atoms with Gasteiger partial charge in [0, 0.05) is 6.42 Å². The maximum absolute atomic E-state index is 12.5. The number of carbonyl (C=O) groups excluding carboxylic acids is 2. The molecule has 5 heteroatoms. The van der Waals surface area contributed by atoms with Gasteiger partial charge in [0.2, 0.25) is 0 Å². The van der Waals surface area contributed by atoms with E-state index in [9.17, 15) is 9.59 Å². The smallest absolute Gasteiger partial charge is 0.337 e. The van der Waals surface area contributed by atoms with E-state index in [1.54, 1.807) is 6.08 Å². The molecule has 2 aliphatic rings. The summed E-state index contributed by atoms with van der Waals surface area (Å²) in [6.45, 7) is 0. The van der Waals surface area contributed by atoms with Crippen LogP contribution in [-0.2, 0) is 30.2 Å². The summed E-state index contributed by atoms with van der Waals surface area (Å²) in [5.41, 5.74) is 0.459. The van der Waals surface area contributed by atoms with Gasteiger partial charge in [-0.05, 0) is 22.4 Å². The minimum Gasteiger partial charge on any atom is -0.466 e. The molecule has 0 saturated carbocycles. The lowest BCUT2D eigenvalue weighted by atomic mass is 9.81. The molecule has 0 fully saturated rings. The van der Waals surface area contributed by atoms with Crippen molar-refractivity contribution in [3.05, 3.63) is 71.3 Å². The topological polar surface area (TPSA) is 61.8 Å². The predicted molar refractivity (Wildman–Crippen MR) is 95.5 cm³/mol. The van der Waals surface area contributed by atoms with Gasteiger partial charge in [-0.3, -0.25) is 0 Å². The SMILES string of the molecule is COC(=O)C1=C(C(=O)OC)C2(Cc3cccc4ccccc34)C=CC1O2. The van der Waals surface area contributed by atoms with E-state index >= 15 is 0 Å². The van der Waals surface area contributed by atoms with E-state index in [0.29, 0.717) is 6.42 Å². The van der Waals surface area contributed by atoms with Crippen molar-refractivity contribution in [1.29, 1.82) is 0 Å². The fraction of sp³-hybridized carbons (Fsp3) is 0.238. The number of rotatable bonds is 4. The van der Waals surface area contributed by atoms with Gasteiger partial charge in [-0.2, -0.15) is 0 Å². The molecule has 0 radical (unpaired) electrons. The van der Waals surface area contributed by atoms with E-state index in [4.69, 9.17) is 14.2 Å². The van der Waals surface area contributed by atoms with Crippen LogP contribution in [0.2, 0.25) is 0 Å². The number of carbonyl (C=O) groups is 2. The molecule has 2 atom stereocenters. The summed E-state index contributed by atoms with van der Waals surface area (Å²) in [5, 5.41) is 2.19. The molecule has 0 saturated heterocycles. The third kappa shape index (κ3) is 2.35. The Labute approximate surface area is 150 Å². The number of fused-ring (bicyclic) bond motifs is 3. The third-order valence-corrected chi connectivity index (χ3v) is 4.98. The van der Waals surface area contributed by atoms with Crippen LogP contribution in [0, 0.1) is 0 Å².